The minimum atomic E-state index is -1.08. The van der Waals surface area contributed by atoms with Crippen LogP contribution in [-0.4, -0.2) is 17.8 Å². The third-order valence-electron chi connectivity index (χ3n) is 3.77. The topological polar surface area (TPSA) is 66.5 Å². The smallest absolute Gasteiger partial charge is 0.276 e. The molecule has 98 valence electrons. The molecule has 0 bridgehead atoms. The van der Waals surface area contributed by atoms with Gasteiger partial charge in [0.1, 0.15) is 5.41 Å². The fraction of sp³-hybridized carbons (Fsp3) is 0.308. The number of benzene rings is 1. The van der Waals surface area contributed by atoms with Gasteiger partial charge >= 0.3 is 6.03 Å². The summed E-state index contributed by atoms with van der Waals surface area (Å²) in [4.78, 5) is 37.2. The van der Waals surface area contributed by atoms with E-state index in [4.69, 9.17) is 11.6 Å². The molecule has 19 heavy (non-hydrogen) atoms. The number of barbiturate groups is 1. The van der Waals surface area contributed by atoms with Crippen LogP contribution in [0.25, 0.3) is 0 Å². The molecule has 2 fully saturated rings. The monoisotopic (exact) mass is 278 g/mol. The predicted octanol–water partition coefficient (Wildman–Crippen LogP) is 2.09. The number of carbonyl (C=O) groups is 3. The summed E-state index contributed by atoms with van der Waals surface area (Å²) in [7, 11) is 0. The first-order valence-electron chi connectivity index (χ1n) is 6.01. The predicted molar refractivity (Wildman–Crippen MR) is 68.8 cm³/mol. The standard InChI is InChI=1S/C13H11ClN2O3/c14-8-4-1-2-5-9(8)16-11(18)13(6-3-7-13)10(17)15-12(16)19/h1-2,4-5H,3,6-7H2,(H,15,17,19). The minimum Gasteiger partial charge on any atom is -0.276 e. The average Bonchev–Trinajstić information content (AvgIpc) is 2.29. The molecule has 1 spiro atoms. The van der Waals surface area contributed by atoms with E-state index in [9.17, 15) is 14.4 Å². The van der Waals surface area contributed by atoms with Gasteiger partial charge in [-0.2, -0.15) is 0 Å². The fourth-order valence-corrected chi connectivity index (χ4v) is 2.72. The number of urea groups is 1. The van der Waals surface area contributed by atoms with Crippen LogP contribution in [0.4, 0.5) is 10.5 Å². The molecule has 1 saturated carbocycles. The van der Waals surface area contributed by atoms with Crippen LogP contribution in [0.1, 0.15) is 19.3 Å². The van der Waals surface area contributed by atoms with Gasteiger partial charge in [-0.05, 0) is 25.0 Å². The van der Waals surface area contributed by atoms with Gasteiger partial charge in [-0.1, -0.05) is 30.2 Å². The van der Waals surface area contributed by atoms with Gasteiger partial charge in [0.05, 0.1) is 10.7 Å². The minimum absolute atomic E-state index is 0.301. The number of halogens is 1. The number of anilines is 1. The highest BCUT2D eigenvalue weighted by molar-refractivity contribution is 6.37. The van der Waals surface area contributed by atoms with Gasteiger partial charge in [-0.3, -0.25) is 14.9 Å². The van der Waals surface area contributed by atoms with Crippen LogP contribution in [0, 0.1) is 5.41 Å². The second kappa shape index (κ2) is 4.06. The van der Waals surface area contributed by atoms with Gasteiger partial charge in [-0.25, -0.2) is 9.69 Å². The van der Waals surface area contributed by atoms with Crippen LogP contribution in [0.3, 0.4) is 0 Å². The lowest BCUT2D eigenvalue weighted by molar-refractivity contribution is -0.148. The third-order valence-corrected chi connectivity index (χ3v) is 4.09. The second-order valence-electron chi connectivity index (χ2n) is 4.79. The van der Waals surface area contributed by atoms with Gasteiger partial charge in [-0.15, -0.1) is 0 Å². The Labute approximate surface area is 114 Å². The average molecular weight is 279 g/mol. The van der Waals surface area contributed by atoms with Crippen molar-refractivity contribution in [3.63, 3.8) is 0 Å². The van der Waals surface area contributed by atoms with Crippen LogP contribution in [0.5, 0.6) is 0 Å². The highest BCUT2D eigenvalue weighted by Crippen LogP contribution is 2.45. The maximum atomic E-state index is 12.5. The molecule has 1 heterocycles. The zero-order valence-corrected chi connectivity index (χ0v) is 10.7. The lowest BCUT2D eigenvalue weighted by Gasteiger charge is -2.44. The number of nitrogens with one attached hydrogen (secondary N) is 1. The van der Waals surface area contributed by atoms with Crippen molar-refractivity contribution < 1.29 is 14.4 Å². The van der Waals surface area contributed by atoms with E-state index >= 15 is 0 Å². The zero-order chi connectivity index (χ0) is 13.6. The highest BCUT2D eigenvalue weighted by Gasteiger charge is 2.57. The van der Waals surface area contributed by atoms with Crippen LogP contribution in [0.2, 0.25) is 5.02 Å². The van der Waals surface area contributed by atoms with Gasteiger partial charge < -0.3 is 0 Å². The zero-order valence-electron chi connectivity index (χ0n) is 9.98. The van der Waals surface area contributed by atoms with E-state index in [-0.39, 0.29) is 0 Å². The van der Waals surface area contributed by atoms with Crippen LogP contribution >= 0.6 is 11.6 Å². The molecular weight excluding hydrogens is 268 g/mol. The Morgan fingerprint density at radius 3 is 2.42 bits per heavy atom. The Morgan fingerprint density at radius 2 is 1.84 bits per heavy atom. The van der Waals surface area contributed by atoms with Gasteiger partial charge in [0, 0.05) is 0 Å². The molecular formula is C13H11ClN2O3. The largest absolute Gasteiger partial charge is 0.335 e. The van der Waals surface area contributed by atoms with Crippen molar-refractivity contribution >= 4 is 35.1 Å². The molecule has 0 aromatic heterocycles. The van der Waals surface area contributed by atoms with E-state index in [1.54, 1.807) is 24.3 Å². The number of rotatable bonds is 1. The molecule has 0 unspecified atom stereocenters. The first kappa shape index (κ1) is 12.2. The van der Waals surface area contributed by atoms with Crippen LogP contribution in [0.15, 0.2) is 24.3 Å². The molecule has 1 N–H and O–H groups in total. The third kappa shape index (κ3) is 1.58. The number of nitrogens with zero attached hydrogens (tertiary/aromatic N) is 1. The Balaban J connectivity index is 2.06. The first-order chi connectivity index (χ1) is 9.06. The maximum Gasteiger partial charge on any atom is 0.335 e. The van der Waals surface area contributed by atoms with E-state index in [2.05, 4.69) is 5.32 Å². The summed E-state index contributed by atoms with van der Waals surface area (Å²) in [6, 6.07) is 5.85. The molecule has 2 aliphatic rings. The summed E-state index contributed by atoms with van der Waals surface area (Å²) in [6.45, 7) is 0. The van der Waals surface area contributed by atoms with Crippen molar-refractivity contribution in [2.45, 2.75) is 19.3 Å². The normalized spacial score (nSPS) is 21.3. The number of hydrogen-bond acceptors (Lipinski definition) is 3. The molecule has 1 aliphatic carbocycles. The SMILES string of the molecule is O=C1NC(=O)C2(CCC2)C(=O)N1c1ccccc1Cl. The number of imide groups is 2. The summed E-state index contributed by atoms with van der Waals surface area (Å²) in [5.41, 5.74) is -0.766. The van der Waals surface area contributed by atoms with Gasteiger partial charge in [0.2, 0.25) is 5.91 Å². The molecule has 1 aliphatic heterocycles. The number of carbonyl (C=O) groups excluding carboxylic acids is 3. The second-order valence-corrected chi connectivity index (χ2v) is 5.19. The number of hydrogen-bond donors (Lipinski definition) is 1. The van der Waals surface area contributed by atoms with Gasteiger partial charge in [0.25, 0.3) is 5.91 Å². The molecule has 5 nitrogen and oxygen atoms in total. The molecule has 1 aromatic rings. The lowest BCUT2D eigenvalue weighted by atomic mass is 9.66. The van der Waals surface area contributed by atoms with Crippen molar-refractivity contribution in [3.8, 4) is 0 Å². The van der Waals surface area contributed by atoms with E-state index in [1.165, 1.54) is 0 Å². The van der Waals surface area contributed by atoms with Crippen LogP contribution in [-0.2, 0) is 9.59 Å². The lowest BCUT2D eigenvalue weighted by Crippen LogP contribution is -2.66. The summed E-state index contributed by atoms with van der Waals surface area (Å²) in [6.07, 6.45) is 1.77. The Hall–Kier alpha value is -1.88. The van der Waals surface area contributed by atoms with Gasteiger partial charge in [0.15, 0.2) is 0 Å². The van der Waals surface area contributed by atoms with Crippen LogP contribution < -0.4 is 10.2 Å². The van der Waals surface area contributed by atoms with Crippen molar-refractivity contribution in [2.24, 2.45) is 5.41 Å². The number of amides is 4. The highest BCUT2D eigenvalue weighted by atomic mass is 35.5. The van der Waals surface area contributed by atoms with E-state index in [0.29, 0.717) is 23.6 Å². The van der Waals surface area contributed by atoms with Crippen molar-refractivity contribution in [1.29, 1.82) is 0 Å². The molecule has 1 saturated heterocycles. The Kier molecular flexibility index (Phi) is 2.60. The molecule has 3 rings (SSSR count). The van der Waals surface area contributed by atoms with E-state index < -0.39 is 23.3 Å². The van der Waals surface area contributed by atoms with Crippen molar-refractivity contribution in [2.75, 3.05) is 4.90 Å². The molecule has 0 atom stereocenters. The van der Waals surface area contributed by atoms with E-state index in [1.807, 2.05) is 0 Å². The number of para-hydroxylation sites is 1. The molecule has 6 heteroatoms. The van der Waals surface area contributed by atoms with E-state index in [0.717, 1.165) is 11.3 Å². The summed E-state index contributed by atoms with van der Waals surface area (Å²) in [5.74, 6) is -0.961. The summed E-state index contributed by atoms with van der Waals surface area (Å²) >= 11 is 6.02. The van der Waals surface area contributed by atoms with Crippen molar-refractivity contribution in [3.05, 3.63) is 29.3 Å². The molecule has 1 aromatic carbocycles. The molecule has 4 amide bonds. The molecule has 0 radical (unpaired) electrons. The summed E-state index contributed by atoms with van der Waals surface area (Å²) in [5, 5.41) is 2.55. The maximum absolute atomic E-state index is 12.5. The van der Waals surface area contributed by atoms with Crippen molar-refractivity contribution in [1.82, 2.24) is 5.32 Å². The first-order valence-corrected chi connectivity index (χ1v) is 6.38. The quantitative estimate of drug-likeness (QED) is 0.800. The Bertz CT molecular complexity index is 595. The summed E-state index contributed by atoms with van der Waals surface area (Å²) < 4.78 is 0. The Morgan fingerprint density at radius 1 is 1.16 bits per heavy atom. The fourth-order valence-electron chi connectivity index (χ4n) is 2.50.